The predicted molar refractivity (Wildman–Crippen MR) is 75.8 cm³/mol. The van der Waals surface area contributed by atoms with E-state index in [-0.39, 0.29) is 10.3 Å². The van der Waals surface area contributed by atoms with Gasteiger partial charge in [-0.2, -0.15) is 0 Å². The summed E-state index contributed by atoms with van der Waals surface area (Å²) in [5, 5.41) is 3.28. The molecule has 112 valence electrons. The second-order valence-corrected chi connectivity index (χ2v) is 6.96. The highest BCUT2D eigenvalue weighted by molar-refractivity contribution is 7.89. The number of rotatable bonds is 6. The molecule has 0 radical (unpaired) electrons. The zero-order valence-electron chi connectivity index (χ0n) is 11.6. The Kier molecular flexibility index (Phi) is 5.09. The first-order valence-corrected chi connectivity index (χ1v) is 8.16. The molecule has 1 fully saturated rings. The van der Waals surface area contributed by atoms with Crippen LogP contribution in [0.2, 0.25) is 0 Å². The van der Waals surface area contributed by atoms with Gasteiger partial charge >= 0.3 is 0 Å². The van der Waals surface area contributed by atoms with E-state index < -0.39 is 10.0 Å². The average Bonchev–Trinajstić information content (AvgIpc) is 2.48. The highest BCUT2D eigenvalue weighted by Crippen LogP contribution is 2.28. The lowest BCUT2D eigenvalue weighted by Gasteiger charge is -2.37. The van der Waals surface area contributed by atoms with Gasteiger partial charge in [0.05, 0.1) is 6.61 Å². The van der Waals surface area contributed by atoms with Crippen LogP contribution >= 0.6 is 0 Å². The molecular weight excluding hydrogens is 278 g/mol. The molecule has 1 aromatic rings. The molecular formula is C13H21N3O3S. The molecule has 2 rings (SSSR count). The number of piperidine rings is 1. The standard InChI is InChI=1S/C13H21N3O3S/c1-19-11-13(4-7-14-8-5-13)10-16-20(17,18)12-3-2-6-15-9-12/h2-3,6,9,14,16H,4-5,7-8,10-11H2,1H3. The van der Waals surface area contributed by atoms with E-state index in [1.165, 1.54) is 6.20 Å². The van der Waals surface area contributed by atoms with E-state index in [1.807, 2.05) is 0 Å². The Bertz CT molecular complexity index is 507. The van der Waals surface area contributed by atoms with Crippen LogP contribution in [0.4, 0.5) is 0 Å². The third kappa shape index (κ3) is 3.76. The summed E-state index contributed by atoms with van der Waals surface area (Å²) in [5.74, 6) is 0. The first kappa shape index (κ1) is 15.4. The van der Waals surface area contributed by atoms with Crippen LogP contribution < -0.4 is 10.0 Å². The highest BCUT2D eigenvalue weighted by atomic mass is 32.2. The normalized spacial score (nSPS) is 18.9. The fourth-order valence-electron chi connectivity index (χ4n) is 2.47. The van der Waals surface area contributed by atoms with Crippen LogP contribution in [-0.4, -0.2) is 46.8 Å². The molecule has 20 heavy (non-hydrogen) atoms. The Morgan fingerprint density at radius 2 is 2.20 bits per heavy atom. The third-order valence-electron chi connectivity index (χ3n) is 3.70. The van der Waals surface area contributed by atoms with Crippen molar-refractivity contribution in [2.75, 3.05) is 33.4 Å². The quantitative estimate of drug-likeness (QED) is 0.793. The van der Waals surface area contributed by atoms with Crippen LogP contribution in [0.15, 0.2) is 29.4 Å². The molecule has 6 nitrogen and oxygen atoms in total. The molecule has 0 aromatic carbocycles. The van der Waals surface area contributed by atoms with Crippen LogP contribution in [0.25, 0.3) is 0 Å². The molecule has 2 heterocycles. The van der Waals surface area contributed by atoms with Gasteiger partial charge in [0.2, 0.25) is 10.0 Å². The second kappa shape index (κ2) is 6.62. The van der Waals surface area contributed by atoms with Crippen molar-refractivity contribution in [1.29, 1.82) is 0 Å². The Morgan fingerprint density at radius 1 is 1.45 bits per heavy atom. The lowest BCUT2D eigenvalue weighted by atomic mass is 9.80. The fourth-order valence-corrected chi connectivity index (χ4v) is 3.59. The summed E-state index contributed by atoms with van der Waals surface area (Å²) >= 11 is 0. The zero-order valence-corrected chi connectivity index (χ0v) is 12.4. The first-order chi connectivity index (χ1) is 9.58. The molecule has 1 aromatic heterocycles. The second-order valence-electron chi connectivity index (χ2n) is 5.20. The van der Waals surface area contributed by atoms with E-state index >= 15 is 0 Å². The van der Waals surface area contributed by atoms with Crippen molar-refractivity contribution in [1.82, 2.24) is 15.0 Å². The van der Waals surface area contributed by atoms with E-state index in [2.05, 4.69) is 15.0 Å². The fraction of sp³-hybridized carbons (Fsp3) is 0.615. The Morgan fingerprint density at radius 3 is 2.80 bits per heavy atom. The third-order valence-corrected chi connectivity index (χ3v) is 5.08. The van der Waals surface area contributed by atoms with Crippen molar-refractivity contribution in [2.24, 2.45) is 5.41 Å². The molecule has 0 unspecified atom stereocenters. The summed E-state index contributed by atoms with van der Waals surface area (Å²) in [6, 6.07) is 3.16. The van der Waals surface area contributed by atoms with Crippen LogP contribution in [0.3, 0.4) is 0 Å². The van der Waals surface area contributed by atoms with Gasteiger partial charge in [-0.1, -0.05) is 0 Å². The molecule has 0 amide bonds. The van der Waals surface area contributed by atoms with Crippen molar-refractivity contribution >= 4 is 10.0 Å². The number of aromatic nitrogens is 1. The van der Waals surface area contributed by atoms with Gasteiger partial charge in [0.25, 0.3) is 0 Å². The summed E-state index contributed by atoms with van der Waals surface area (Å²) in [6.45, 7) is 2.72. The average molecular weight is 299 g/mol. The van der Waals surface area contributed by atoms with Gasteiger partial charge in [0.15, 0.2) is 0 Å². The van der Waals surface area contributed by atoms with E-state index in [0.29, 0.717) is 13.2 Å². The highest BCUT2D eigenvalue weighted by Gasteiger charge is 2.33. The van der Waals surface area contributed by atoms with Crippen molar-refractivity contribution in [3.05, 3.63) is 24.5 Å². The first-order valence-electron chi connectivity index (χ1n) is 6.67. The summed E-state index contributed by atoms with van der Waals surface area (Å²) in [5.41, 5.74) is -0.130. The Labute approximate surface area is 120 Å². The smallest absolute Gasteiger partial charge is 0.242 e. The molecule has 1 aliphatic rings. The maximum absolute atomic E-state index is 12.2. The van der Waals surface area contributed by atoms with Gasteiger partial charge in [0.1, 0.15) is 4.90 Å². The Balaban J connectivity index is 2.05. The molecule has 0 atom stereocenters. The molecule has 1 saturated heterocycles. The number of sulfonamides is 1. The zero-order chi connectivity index (χ0) is 14.5. The number of hydrogen-bond donors (Lipinski definition) is 2. The van der Waals surface area contributed by atoms with Crippen molar-refractivity contribution in [2.45, 2.75) is 17.7 Å². The summed E-state index contributed by atoms with van der Waals surface area (Å²) in [4.78, 5) is 4.04. The number of nitrogens with zero attached hydrogens (tertiary/aromatic N) is 1. The maximum Gasteiger partial charge on any atom is 0.242 e. The van der Waals surface area contributed by atoms with Crippen LogP contribution in [0, 0.1) is 5.41 Å². The van der Waals surface area contributed by atoms with Gasteiger partial charge in [-0.25, -0.2) is 13.1 Å². The van der Waals surface area contributed by atoms with E-state index in [0.717, 1.165) is 25.9 Å². The van der Waals surface area contributed by atoms with E-state index in [4.69, 9.17) is 4.74 Å². The predicted octanol–water partition coefficient (Wildman–Crippen LogP) is 0.376. The lowest BCUT2D eigenvalue weighted by molar-refractivity contribution is 0.0577. The number of hydrogen-bond acceptors (Lipinski definition) is 5. The van der Waals surface area contributed by atoms with Gasteiger partial charge in [-0.3, -0.25) is 4.98 Å². The molecule has 7 heteroatoms. The van der Waals surface area contributed by atoms with Gasteiger partial charge in [0, 0.05) is 31.5 Å². The summed E-state index contributed by atoms with van der Waals surface area (Å²) in [7, 11) is -1.85. The number of methoxy groups -OCH3 is 1. The molecule has 0 saturated carbocycles. The molecule has 1 aliphatic heterocycles. The van der Waals surface area contributed by atoms with E-state index in [1.54, 1.807) is 25.4 Å². The largest absolute Gasteiger partial charge is 0.384 e. The lowest BCUT2D eigenvalue weighted by Crippen LogP contribution is -2.47. The molecule has 2 N–H and O–H groups in total. The monoisotopic (exact) mass is 299 g/mol. The number of nitrogens with one attached hydrogen (secondary N) is 2. The van der Waals surface area contributed by atoms with Crippen molar-refractivity contribution in [3.8, 4) is 0 Å². The molecule has 0 aliphatic carbocycles. The summed E-state index contributed by atoms with van der Waals surface area (Å²) < 4.78 is 32.4. The van der Waals surface area contributed by atoms with Gasteiger partial charge in [-0.05, 0) is 38.1 Å². The maximum atomic E-state index is 12.2. The van der Waals surface area contributed by atoms with E-state index in [9.17, 15) is 8.42 Å². The minimum absolute atomic E-state index is 0.130. The Hall–Kier alpha value is -1.02. The van der Waals surface area contributed by atoms with Gasteiger partial charge < -0.3 is 10.1 Å². The van der Waals surface area contributed by atoms with Crippen LogP contribution in [-0.2, 0) is 14.8 Å². The van der Waals surface area contributed by atoms with Crippen molar-refractivity contribution in [3.63, 3.8) is 0 Å². The topological polar surface area (TPSA) is 80.3 Å². The minimum atomic E-state index is -3.50. The van der Waals surface area contributed by atoms with Crippen LogP contribution in [0.1, 0.15) is 12.8 Å². The van der Waals surface area contributed by atoms with Crippen molar-refractivity contribution < 1.29 is 13.2 Å². The molecule has 0 spiro atoms. The van der Waals surface area contributed by atoms with Crippen LogP contribution in [0.5, 0.6) is 0 Å². The molecule has 0 bridgehead atoms. The SMILES string of the molecule is COCC1(CNS(=O)(=O)c2cccnc2)CCNCC1. The number of ether oxygens (including phenoxy) is 1. The van der Waals surface area contributed by atoms with Gasteiger partial charge in [-0.15, -0.1) is 0 Å². The minimum Gasteiger partial charge on any atom is -0.384 e. The summed E-state index contributed by atoms with van der Waals surface area (Å²) in [6.07, 6.45) is 4.71. The number of pyridine rings is 1.